The number of hydrogen-bond acceptors (Lipinski definition) is 2. The molecular weight excluding hydrogens is 358 g/mol. The van der Waals surface area contributed by atoms with Crippen LogP contribution < -0.4 is 0 Å². The average molecular weight is 371 g/mol. The van der Waals surface area contributed by atoms with Crippen molar-refractivity contribution in [2.24, 2.45) is 0 Å². The maximum atomic E-state index is 14.2. The normalized spacial score (nSPS) is 11.9. The summed E-state index contributed by atoms with van der Waals surface area (Å²) >= 11 is 0. The largest absolute Gasteiger partial charge is 0.417 e. The molecule has 2 aromatic heterocycles. The van der Waals surface area contributed by atoms with Crippen molar-refractivity contribution in [3.8, 4) is 16.9 Å². The molecule has 0 saturated heterocycles. The standard InChI is InChI=1S/C20H13F4N3/c1-12-6-8-13(9-7-12)17-10-15(20(22,23)24)14-11-25-27(19(14)26-17)18-5-3-2-4-16(18)21/h2-11H,1H3. The highest BCUT2D eigenvalue weighted by Crippen LogP contribution is 2.37. The summed E-state index contributed by atoms with van der Waals surface area (Å²) in [5.41, 5.74) is 0.791. The number of aromatic nitrogens is 3. The van der Waals surface area contributed by atoms with Gasteiger partial charge in [-0.25, -0.2) is 14.1 Å². The Hall–Kier alpha value is -3.22. The van der Waals surface area contributed by atoms with Crippen LogP contribution in [0.4, 0.5) is 17.6 Å². The van der Waals surface area contributed by atoms with E-state index >= 15 is 0 Å². The summed E-state index contributed by atoms with van der Waals surface area (Å²) in [6, 6.07) is 13.7. The Morgan fingerprint density at radius 1 is 0.963 bits per heavy atom. The van der Waals surface area contributed by atoms with E-state index in [1.54, 1.807) is 30.3 Å². The van der Waals surface area contributed by atoms with Crippen molar-refractivity contribution < 1.29 is 17.6 Å². The van der Waals surface area contributed by atoms with Gasteiger partial charge in [0.2, 0.25) is 0 Å². The zero-order valence-corrected chi connectivity index (χ0v) is 14.1. The van der Waals surface area contributed by atoms with Gasteiger partial charge < -0.3 is 0 Å². The number of nitrogens with zero attached hydrogens (tertiary/aromatic N) is 3. The van der Waals surface area contributed by atoms with Crippen LogP contribution >= 0.6 is 0 Å². The predicted molar refractivity (Wildman–Crippen MR) is 94.0 cm³/mol. The lowest BCUT2D eigenvalue weighted by atomic mass is 10.1. The van der Waals surface area contributed by atoms with Gasteiger partial charge in [-0.3, -0.25) is 0 Å². The zero-order chi connectivity index (χ0) is 19.2. The summed E-state index contributed by atoms with van der Waals surface area (Å²) < 4.78 is 56.2. The number of aryl methyl sites for hydroxylation is 1. The number of benzene rings is 2. The smallest absolute Gasteiger partial charge is 0.228 e. The van der Waals surface area contributed by atoms with Crippen LogP contribution in [0.1, 0.15) is 11.1 Å². The lowest BCUT2D eigenvalue weighted by Gasteiger charge is -2.12. The third-order valence-electron chi connectivity index (χ3n) is 4.27. The summed E-state index contributed by atoms with van der Waals surface area (Å²) in [5.74, 6) is -0.599. The first-order valence-corrected chi connectivity index (χ1v) is 8.12. The number of halogens is 4. The Balaban J connectivity index is 2.03. The third kappa shape index (κ3) is 3.05. The van der Waals surface area contributed by atoms with Crippen molar-refractivity contribution in [1.29, 1.82) is 0 Å². The summed E-state index contributed by atoms with van der Waals surface area (Å²) in [4.78, 5) is 4.36. The molecule has 0 N–H and O–H groups in total. The number of para-hydroxylation sites is 1. The minimum absolute atomic E-state index is 0.0363. The van der Waals surface area contributed by atoms with Gasteiger partial charge in [-0.2, -0.15) is 18.3 Å². The van der Waals surface area contributed by atoms with Crippen LogP contribution in [0, 0.1) is 12.7 Å². The number of rotatable bonds is 2. The minimum atomic E-state index is -4.59. The minimum Gasteiger partial charge on any atom is -0.228 e. The molecule has 2 heterocycles. The fraction of sp³-hybridized carbons (Fsp3) is 0.100. The molecule has 0 spiro atoms. The van der Waals surface area contributed by atoms with Crippen molar-refractivity contribution in [2.75, 3.05) is 0 Å². The molecule has 0 aliphatic carbocycles. The Morgan fingerprint density at radius 2 is 1.67 bits per heavy atom. The van der Waals surface area contributed by atoms with Gasteiger partial charge in [0.25, 0.3) is 0 Å². The van der Waals surface area contributed by atoms with Crippen molar-refractivity contribution in [2.45, 2.75) is 13.1 Å². The molecule has 4 aromatic rings. The lowest BCUT2D eigenvalue weighted by Crippen LogP contribution is -2.08. The van der Waals surface area contributed by atoms with E-state index in [0.29, 0.717) is 5.56 Å². The maximum absolute atomic E-state index is 14.2. The summed E-state index contributed by atoms with van der Waals surface area (Å²) in [5, 5.41) is 3.78. The highest BCUT2D eigenvalue weighted by atomic mass is 19.4. The third-order valence-corrected chi connectivity index (χ3v) is 4.27. The molecule has 0 saturated carbocycles. The van der Waals surface area contributed by atoms with E-state index in [4.69, 9.17) is 0 Å². The molecule has 4 rings (SSSR count). The quantitative estimate of drug-likeness (QED) is 0.432. The van der Waals surface area contributed by atoms with Crippen LogP contribution in [0.2, 0.25) is 0 Å². The van der Waals surface area contributed by atoms with Gasteiger partial charge in [-0.15, -0.1) is 0 Å². The van der Waals surface area contributed by atoms with E-state index < -0.39 is 17.6 Å². The molecule has 0 aliphatic heterocycles. The second-order valence-electron chi connectivity index (χ2n) is 6.16. The highest BCUT2D eigenvalue weighted by Gasteiger charge is 2.35. The SMILES string of the molecule is Cc1ccc(-c2cc(C(F)(F)F)c3cnn(-c4ccccc4F)c3n2)cc1. The zero-order valence-electron chi connectivity index (χ0n) is 14.1. The van der Waals surface area contributed by atoms with Gasteiger partial charge in [-0.05, 0) is 25.1 Å². The van der Waals surface area contributed by atoms with Crippen LogP contribution in [0.25, 0.3) is 28.0 Å². The van der Waals surface area contributed by atoms with E-state index in [-0.39, 0.29) is 22.4 Å². The predicted octanol–water partition coefficient (Wildman–Crippen LogP) is 5.55. The van der Waals surface area contributed by atoms with Gasteiger partial charge in [0, 0.05) is 5.56 Å². The van der Waals surface area contributed by atoms with Gasteiger partial charge in [0.1, 0.15) is 11.5 Å². The molecule has 0 unspecified atom stereocenters. The first-order chi connectivity index (χ1) is 12.8. The molecule has 0 bridgehead atoms. The molecule has 0 fully saturated rings. The Labute approximate surface area is 151 Å². The first-order valence-electron chi connectivity index (χ1n) is 8.12. The fourth-order valence-electron chi connectivity index (χ4n) is 2.91. The average Bonchev–Trinajstić information content (AvgIpc) is 3.05. The molecule has 136 valence electrons. The van der Waals surface area contributed by atoms with Crippen molar-refractivity contribution in [1.82, 2.24) is 14.8 Å². The van der Waals surface area contributed by atoms with Crippen LogP contribution in [0.15, 0.2) is 60.8 Å². The number of alkyl halides is 3. The van der Waals surface area contributed by atoms with Gasteiger partial charge in [0.05, 0.1) is 22.8 Å². The molecule has 3 nitrogen and oxygen atoms in total. The Morgan fingerprint density at radius 3 is 2.33 bits per heavy atom. The van der Waals surface area contributed by atoms with E-state index in [0.717, 1.165) is 22.5 Å². The topological polar surface area (TPSA) is 30.7 Å². The van der Waals surface area contributed by atoms with Crippen LogP contribution in [-0.2, 0) is 6.18 Å². The van der Waals surface area contributed by atoms with Gasteiger partial charge in [-0.1, -0.05) is 42.0 Å². The second kappa shape index (κ2) is 6.19. The fourth-order valence-corrected chi connectivity index (χ4v) is 2.91. The molecule has 2 aromatic carbocycles. The molecule has 27 heavy (non-hydrogen) atoms. The number of pyridine rings is 1. The van der Waals surface area contributed by atoms with Crippen molar-refractivity contribution in [3.05, 3.63) is 77.7 Å². The molecule has 0 atom stereocenters. The molecule has 0 amide bonds. The lowest BCUT2D eigenvalue weighted by molar-refractivity contribution is -0.136. The number of hydrogen-bond donors (Lipinski definition) is 0. The van der Waals surface area contributed by atoms with E-state index in [2.05, 4.69) is 10.1 Å². The molecule has 0 aliphatic rings. The van der Waals surface area contributed by atoms with Crippen molar-refractivity contribution in [3.63, 3.8) is 0 Å². The summed E-state index contributed by atoms with van der Waals surface area (Å²) in [6.07, 6.45) is -3.53. The second-order valence-corrected chi connectivity index (χ2v) is 6.16. The van der Waals surface area contributed by atoms with E-state index in [1.165, 1.54) is 18.2 Å². The van der Waals surface area contributed by atoms with Gasteiger partial charge >= 0.3 is 6.18 Å². The van der Waals surface area contributed by atoms with Crippen molar-refractivity contribution >= 4 is 11.0 Å². The van der Waals surface area contributed by atoms with Crippen LogP contribution in [-0.4, -0.2) is 14.8 Å². The molecular formula is C20H13F4N3. The number of fused-ring (bicyclic) bond motifs is 1. The monoisotopic (exact) mass is 371 g/mol. The summed E-state index contributed by atoms with van der Waals surface area (Å²) in [6.45, 7) is 1.88. The molecule has 0 radical (unpaired) electrons. The first kappa shape index (κ1) is 17.2. The highest BCUT2D eigenvalue weighted by molar-refractivity contribution is 5.84. The van der Waals surface area contributed by atoms with E-state index in [1.807, 2.05) is 6.92 Å². The van der Waals surface area contributed by atoms with Crippen LogP contribution in [0.5, 0.6) is 0 Å². The summed E-state index contributed by atoms with van der Waals surface area (Å²) in [7, 11) is 0. The van der Waals surface area contributed by atoms with Gasteiger partial charge in [0.15, 0.2) is 5.65 Å². The van der Waals surface area contributed by atoms with Crippen LogP contribution in [0.3, 0.4) is 0 Å². The van der Waals surface area contributed by atoms with E-state index in [9.17, 15) is 17.6 Å². The molecule has 7 heteroatoms. The Kier molecular flexibility index (Phi) is 3.95. The Bertz CT molecular complexity index is 1130. The maximum Gasteiger partial charge on any atom is 0.417 e.